The molecule has 0 bridgehead atoms. The minimum Gasteiger partial charge on any atom is -0.456 e. The van der Waals surface area contributed by atoms with Crippen molar-refractivity contribution in [1.82, 2.24) is 0 Å². The van der Waals surface area contributed by atoms with Gasteiger partial charge >= 0.3 is 23.9 Å². The number of carbonyl (C=O) groups excluding carboxylic acids is 4. The summed E-state index contributed by atoms with van der Waals surface area (Å²) in [5, 5.41) is 44.2. The van der Waals surface area contributed by atoms with Crippen LogP contribution in [-0.4, -0.2) is 75.0 Å². The minimum absolute atomic E-state index is 0.0328. The molecule has 3 heterocycles. The second kappa shape index (κ2) is 11.3. The Morgan fingerprint density at radius 3 is 2.41 bits per heavy atom. The van der Waals surface area contributed by atoms with E-state index in [0.717, 1.165) is 19.3 Å². The normalized spacial score (nSPS) is 31.6. The Kier molecular flexibility index (Phi) is 8.27. The quantitative estimate of drug-likeness (QED) is 0.152. The highest BCUT2D eigenvalue weighted by Gasteiger charge is 2.51. The van der Waals surface area contributed by atoms with Gasteiger partial charge in [0.1, 0.15) is 6.10 Å². The molecule has 3 aliphatic heterocycles. The van der Waals surface area contributed by atoms with Gasteiger partial charge in [-0.15, -0.1) is 0 Å². The maximum Gasteiger partial charge on any atom is 0.345 e. The molecule has 4 rings (SSSR count). The average Bonchev–Trinajstić information content (AvgIpc) is 3.30. The average molecular weight is 521 g/mol. The number of aliphatic hydroxyl groups excluding tert-OH is 4. The number of aliphatic hydroxyl groups is 4. The van der Waals surface area contributed by atoms with Crippen LogP contribution in [0.15, 0.2) is 34.4 Å². The number of cyclic esters (lactones) is 4. The molecular weight excluding hydrogens is 488 g/mol. The van der Waals surface area contributed by atoms with Gasteiger partial charge in [0.15, 0.2) is 0 Å². The fraction of sp³-hybridized carbons (Fsp3) is 0.615. The van der Waals surface area contributed by atoms with E-state index in [4.69, 9.17) is 14.2 Å². The van der Waals surface area contributed by atoms with Crippen LogP contribution < -0.4 is 0 Å². The van der Waals surface area contributed by atoms with Gasteiger partial charge in [-0.3, -0.25) is 0 Å². The summed E-state index contributed by atoms with van der Waals surface area (Å²) in [7, 11) is 0. The predicted octanol–water partition coefficient (Wildman–Crippen LogP) is 0.489. The smallest absolute Gasteiger partial charge is 0.345 e. The Morgan fingerprint density at radius 2 is 1.70 bits per heavy atom. The lowest BCUT2D eigenvalue weighted by Gasteiger charge is -2.31. The molecule has 0 saturated heterocycles. The molecule has 202 valence electrons. The number of hydrogen-bond donors (Lipinski definition) is 4. The second-order valence-corrected chi connectivity index (χ2v) is 9.93. The first-order valence-corrected chi connectivity index (χ1v) is 12.7. The van der Waals surface area contributed by atoms with E-state index in [-0.39, 0.29) is 42.4 Å². The van der Waals surface area contributed by atoms with Crippen LogP contribution in [0.2, 0.25) is 0 Å². The third-order valence-electron chi connectivity index (χ3n) is 7.50. The first kappa shape index (κ1) is 27.2. The zero-order valence-electron chi connectivity index (χ0n) is 20.5. The zero-order chi connectivity index (χ0) is 26.9. The van der Waals surface area contributed by atoms with Gasteiger partial charge in [-0.05, 0) is 25.2 Å². The summed E-state index contributed by atoms with van der Waals surface area (Å²) < 4.78 is 15.0. The highest BCUT2D eigenvalue weighted by Crippen LogP contribution is 2.44. The molecule has 0 spiro atoms. The fourth-order valence-corrected chi connectivity index (χ4v) is 5.59. The Bertz CT molecular complexity index is 1050. The lowest BCUT2D eigenvalue weighted by atomic mass is 9.80. The molecule has 0 aromatic rings. The van der Waals surface area contributed by atoms with Crippen LogP contribution in [0, 0.1) is 11.8 Å². The van der Waals surface area contributed by atoms with Gasteiger partial charge in [-0.2, -0.15) is 0 Å². The van der Waals surface area contributed by atoms with Gasteiger partial charge in [0, 0.05) is 24.0 Å². The molecule has 0 amide bonds. The molecule has 7 atom stereocenters. The van der Waals surface area contributed by atoms with E-state index >= 15 is 0 Å². The standard InChI is InChI=1S/C26H32O11/c1-2-3-4-5-7-15(27)20-18-13(23(31)36-25(18)33)10-12(21(29)16-8-6-9-17(28)35-16)11-14-19(22(20)30)26(34)37-24(14)32/h6,9,12,15-16,20-23,27,29-31H,2-5,7-8,10-11H2,1H3/t12-,15-,16-,20-,21+,22+,23+/m0/s1. The van der Waals surface area contributed by atoms with Crippen molar-refractivity contribution in [3.63, 3.8) is 0 Å². The van der Waals surface area contributed by atoms with Gasteiger partial charge in [0.05, 0.1) is 35.0 Å². The first-order chi connectivity index (χ1) is 17.6. The Hall–Kier alpha value is -2.86. The fourth-order valence-electron chi connectivity index (χ4n) is 5.59. The number of esters is 4. The molecule has 0 fully saturated rings. The third-order valence-corrected chi connectivity index (χ3v) is 7.50. The van der Waals surface area contributed by atoms with E-state index in [9.17, 15) is 39.6 Å². The maximum atomic E-state index is 12.9. The Balaban J connectivity index is 1.77. The molecular formula is C26H32O11. The van der Waals surface area contributed by atoms with Crippen molar-refractivity contribution in [1.29, 1.82) is 0 Å². The van der Waals surface area contributed by atoms with Crippen LogP contribution in [0.4, 0.5) is 0 Å². The summed E-state index contributed by atoms with van der Waals surface area (Å²) in [6.45, 7) is 2.03. The van der Waals surface area contributed by atoms with Crippen LogP contribution in [0.3, 0.4) is 0 Å². The van der Waals surface area contributed by atoms with Crippen LogP contribution in [-0.2, 0) is 33.4 Å². The van der Waals surface area contributed by atoms with E-state index in [1.165, 1.54) is 12.2 Å². The molecule has 0 unspecified atom stereocenters. The van der Waals surface area contributed by atoms with Crippen LogP contribution >= 0.6 is 0 Å². The SMILES string of the molecule is CCCCCC[C@H](O)[C@H]1C2=C(C[C@H]([C@@H](O)[C@@H]3CC=CC(=O)O3)CC3=C(C(=O)OC3=O)[C@H]1O)[C@H](O)OC2=O. The molecule has 37 heavy (non-hydrogen) atoms. The molecule has 4 aliphatic rings. The lowest BCUT2D eigenvalue weighted by Crippen LogP contribution is -2.39. The van der Waals surface area contributed by atoms with Crippen molar-refractivity contribution in [2.75, 3.05) is 0 Å². The summed E-state index contributed by atoms with van der Waals surface area (Å²) in [6.07, 6.45) is -1.25. The van der Waals surface area contributed by atoms with Gasteiger partial charge < -0.3 is 34.6 Å². The van der Waals surface area contributed by atoms with Gasteiger partial charge in [-0.1, -0.05) is 38.7 Å². The first-order valence-electron chi connectivity index (χ1n) is 12.7. The summed E-state index contributed by atoms with van der Waals surface area (Å²) in [4.78, 5) is 49.9. The summed E-state index contributed by atoms with van der Waals surface area (Å²) >= 11 is 0. The highest BCUT2D eigenvalue weighted by molar-refractivity contribution is 6.13. The lowest BCUT2D eigenvalue weighted by molar-refractivity contribution is -0.155. The van der Waals surface area contributed by atoms with Crippen molar-refractivity contribution in [2.24, 2.45) is 11.8 Å². The Morgan fingerprint density at radius 1 is 0.946 bits per heavy atom. The summed E-state index contributed by atoms with van der Waals surface area (Å²) in [6, 6.07) is 0. The molecule has 0 aromatic heterocycles. The van der Waals surface area contributed by atoms with Gasteiger partial charge in [-0.25, -0.2) is 19.2 Å². The van der Waals surface area contributed by atoms with Gasteiger partial charge in [0.25, 0.3) is 0 Å². The molecule has 11 heteroatoms. The molecule has 11 nitrogen and oxygen atoms in total. The Labute approximate surface area is 213 Å². The molecule has 4 N–H and O–H groups in total. The number of rotatable bonds is 8. The number of ether oxygens (including phenoxy) is 3. The highest BCUT2D eigenvalue weighted by atomic mass is 16.6. The zero-order valence-corrected chi connectivity index (χ0v) is 20.5. The minimum atomic E-state index is -1.80. The summed E-state index contributed by atoms with van der Waals surface area (Å²) in [5.74, 6) is -6.05. The molecule has 0 aromatic carbocycles. The van der Waals surface area contributed by atoms with E-state index in [1.54, 1.807) is 0 Å². The van der Waals surface area contributed by atoms with Crippen molar-refractivity contribution < 1.29 is 53.8 Å². The molecule has 0 saturated carbocycles. The van der Waals surface area contributed by atoms with Crippen molar-refractivity contribution in [3.8, 4) is 0 Å². The monoisotopic (exact) mass is 520 g/mol. The second-order valence-electron chi connectivity index (χ2n) is 9.93. The van der Waals surface area contributed by atoms with Crippen LogP contribution in [0.5, 0.6) is 0 Å². The van der Waals surface area contributed by atoms with Crippen molar-refractivity contribution >= 4 is 23.9 Å². The number of carbonyl (C=O) groups is 4. The topological polar surface area (TPSA) is 177 Å². The third kappa shape index (κ3) is 5.40. The number of unbranched alkanes of at least 4 members (excludes halogenated alkanes) is 3. The van der Waals surface area contributed by atoms with E-state index in [1.807, 2.05) is 6.92 Å². The van der Waals surface area contributed by atoms with E-state index < -0.39 is 72.0 Å². The molecule has 0 radical (unpaired) electrons. The maximum absolute atomic E-state index is 12.9. The van der Waals surface area contributed by atoms with Crippen LogP contribution in [0.1, 0.15) is 58.3 Å². The molecule has 1 aliphatic carbocycles. The number of hydrogen-bond acceptors (Lipinski definition) is 11. The van der Waals surface area contributed by atoms with Crippen molar-refractivity contribution in [3.05, 3.63) is 34.4 Å². The van der Waals surface area contributed by atoms with Crippen LogP contribution in [0.25, 0.3) is 0 Å². The van der Waals surface area contributed by atoms with E-state index in [2.05, 4.69) is 0 Å². The largest absolute Gasteiger partial charge is 0.456 e. The van der Waals surface area contributed by atoms with E-state index in [0.29, 0.717) is 6.42 Å². The summed E-state index contributed by atoms with van der Waals surface area (Å²) in [5.41, 5.74) is -0.748. The van der Waals surface area contributed by atoms with Crippen molar-refractivity contribution in [2.45, 2.75) is 89.0 Å². The predicted molar refractivity (Wildman–Crippen MR) is 124 cm³/mol. The van der Waals surface area contributed by atoms with Gasteiger partial charge in [0.2, 0.25) is 6.29 Å².